The van der Waals surface area contributed by atoms with Crippen molar-refractivity contribution in [3.8, 4) is 0 Å². The van der Waals surface area contributed by atoms with E-state index in [0.717, 1.165) is 18.2 Å². The molecule has 21 heavy (non-hydrogen) atoms. The number of benzene rings is 1. The molecule has 1 atom stereocenters. The van der Waals surface area contributed by atoms with Gasteiger partial charge in [0.2, 0.25) is 0 Å². The lowest BCUT2D eigenvalue weighted by atomic mass is 10.2. The molecule has 0 bridgehead atoms. The number of nitrogens with one attached hydrogen (secondary N) is 1. The minimum absolute atomic E-state index is 0.0564. The van der Waals surface area contributed by atoms with Crippen LogP contribution >= 0.6 is 11.8 Å². The van der Waals surface area contributed by atoms with Crippen molar-refractivity contribution in [1.29, 1.82) is 0 Å². The molecule has 0 spiro atoms. The number of carboxylic acid groups (broad SMARTS) is 1. The summed E-state index contributed by atoms with van der Waals surface area (Å²) in [7, 11) is 0. The molecule has 1 rings (SSSR count). The molecular formula is C11H13N3O6S. The Hall–Kier alpha value is -2.36. The fourth-order valence-electron chi connectivity index (χ4n) is 1.59. The zero-order valence-corrected chi connectivity index (χ0v) is 11.8. The molecule has 0 saturated heterocycles. The molecule has 0 amide bonds. The van der Waals surface area contributed by atoms with E-state index >= 15 is 0 Å². The molecule has 114 valence electrons. The van der Waals surface area contributed by atoms with E-state index in [9.17, 15) is 25.0 Å². The quantitative estimate of drug-likeness (QED) is 0.550. The molecule has 1 unspecified atom stereocenters. The van der Waals surface area contributed by atoms with E-state index in [2.05, 4.69) is 5.32 Å². The third-order valence-corrected chi connectivity index (χ3v) is 3.27. The van der Waals surface area contributed by atoms with Crippen molar-refractivity contribution < 1.29 is 19.7 Å². The predicted molar refractivity (Wildman–Crippen MR) is 77.8 cm³/mol. The van der Waals surface area contributed by atoms with Gasteiger partial charge in [-0.05, 0) is 24.5 Å². The molecule has 0 aromatic heterocycles. The molecule has 0 aliphatic heterocycles. The summed E-state index contributed by atoms with van der Waals surface area (Å²) >= 11 is 1.45. The highest BCUT2D eigenvalue weighted by atomic mass is 32.2. The third-order valence-electron chi connectivity index (χ3n) is 2.63. The van der Waals surface area contributed by atoms with Crippen LogP contribution in [0.25, 0.3) is 0 Å². The Morgan fingerprint density at radius 3 is 2.52 bits per heavy atom. The van der Waals surface area contributed by atoms with Crippen molar-refractivity contribution in [2.24, 2.45) is 0 Å². The lowest BCUT2D eigenvalue weighted by Crippen LogP contribution is -2.30. The average Bonchev–Trinajstić information content (AvgIpc) is 2.42. The van der Waals surface area contributed by atoms with Crippen LogP contribution in [0.3, 0.4) is 0 Å². The number of hydrogen-bond acceptors (Lipinski definition) is 7. The number of thioether (sulfide) groups is 1. The summed E-state index contributed by atoms with van der Waals surface area (Å²) in [6.45, 7) is 0. The van der Waals surface area contributed by atoms with Gasteiger partial charge in [0.1, 0.15) is 11.7 Å². The summed E-state index contributed by atoms with van der Waals surface area (Å²) in [5.74, 6) is -0.582. The number of carboxylic acids is 1. The van der Waals surface area contributed by atoms with Crippen LogP contribution in [0.5, 0.6) is 0 Å². The Morgan fingerprint density at radius 2 is 2.05 bits per heavy atom. The van der Waals surface area contributed by atoms with Gasteiger partial charge in [-0.2, -0.15) is 11.8 Å². The summed E-state index contributed by atoms with van der Waals surface area (Å²) in [5.41, 5.74) is -1.01. The van der Waals surface area contributed by atoms with Gasteiger partial charge in [-0.1, -0.05) is 0 Å². The van der Waals surface area contributed by atoms with Crippen LogP contribution in [0.2, 0.25) is 0 Å². The van der Waals surface area contributed by atoms with Crippen LogP contribution in [0.15, 0.2) is 18.2 Å². The molecule has 1 aromatic carbocycles. The van der Waals surface area contributed by atoms with Crippen LogP contribution < -0.4 is 5.32 Å². The molecule has 0 radical (unpaired) electrons. The number of hydrogen-bond donors (Lipinski definition) is 2. The van der Waals surface area contributed by atoms with Crippen molar-refractivity contribution in [2.75, 3.05) is 17.3 Å². The lowest BCUT2D eigenvalue weighted by molar-refractivity contribution is -0.393. The van der Waals surface area contributed by atoms with Gasteiger partial charge in [0.05, 0.1) is 15.9 Å². The minimum Gasteiger partial charge on any atom is -0.480 e. The summed E-state index contributed by atoms with van der Waals surface area (Å²) in [4.78, 5) is 31.2. The number of nitro groups is 2. The molecule has 0 heterocycles. The summed E-state index contributed by atoms with van der Waals surface area (Å²) < 4.78 is 0. The van der Waals surface area contributed by atoms with Gasteiger partial charge in [-0.25, -0.2) is 4.79 Å². The van der Waals surface area contributed by atoms with Crippen molar-refractivity contribution in [1.82, 2.24) is 0 Å². The Bertz CT molecular complexity index is 565. The zero-order valence-electron chi connectivity index (χ0n) is 11.0. The maximum atomic E-state index is 11.1. The second kappa shape index (κ2) is 7.43. The van der Waals surface area contributed by atoms with Crippen LogP contribution in [0.4, 0.5) is 17.1 Å². The molecule has 9 nitrogen and oxygen atoms in total. The standard InChI is InChI=1S/C11H13N3O6S/c1-21-5-4-9(11(15)16)12-8-3-2-7(13(17)18)6-10(8)14(19)20/h2-3,6,9,12H,4-5H2,1H3,(H,15,16). The summed E-state index contributed by atoms with van der Waals surface area (Å²) in [6.07, 6.45) is 2.08. The molecular weight excluding hydrogens is 302 g/mol. The van der Waals surface area contributed by atoms with E-state index in [1.54, 1.807) is 0 Å². The van der Waals surface area contributed by atoms with Gasteiger partial charge in [-0.15, -0.1) is 0 Å². The van der Waals surface area contributed by atoms with Gasteiger partial charge >= 0.3 is 5.97 Å². The van der Waals surface area contributed by atoms with Gasteiger partial charge in [0.25, 0.3) is 11.4 Å². The van der Waals surface area contributed by atoms with Crippen molar-refractivity contribution >= 4 is 34.8 Å². The highest BCUT2D eigenvalue weighted by Crippen LogP contribution is 2.29. The number of nitrogens with zero attached hydrogens (tertiary/aromatic N) is 2. The molecule has 0 aliphatic carbocycles. The second-order valence-electron chi connectivity index (χ2n) is 4.03. The first kappa shape index (κ1) is 16.7. The first-order valence-electron chi connectivity index (χ1n) is 5.78. The SMILES string of the molecule is CSCCC(Nc1ccc([N+](=O)[O-])cc1[N+](=O)[O-])C(=O)O. The normalized spacial score (nSPS) is 11.7. The third kappa shape index (κ3) is 4.60. The second-order valence-corrected chi connectivity index (χ2v) is 5.02. The van der Waals surface area contributed by atoms with Crippen molar-refractivity contribution in [3.05, 3.63) is 38.4 Å². The Kier molecular flexibility index (Phi) is 5.91. The molecule has 2 N–H and O–H groups in total. The number of carbonyl (C=O) groups is 1. The Morgan fingerprint density at radius 1 is 1.38 bits per heavy atom. The van der Waals surface area contributed by atoms with E-state index < -0.39 is 33.2 Å². The van der Waals surface area contributed by atoms with Crippen LogP contribution in [0.1, 0.15) is 6.42 Å². The smallest absolute Gasteiger partial charge is 0.326 e. The van der Waals surface area contributed by atoms with Gasteiger partial charge < -0.3 is 10.4 Å². The maximum absolute atomic E-state index is 11.1. The summed E-state index contributed by atoms with van der Waals surface area (Å²) in [6, 6.07) is 2.03. The molecule has 0 aliphatic rings. The Labute approximate surface area is 123 Å². The maximum Gasteiger partial charge on any atom is 0.326 e. The van der Waals surface area contributed by atoms with E-state index in [-0.39, 0.29) is 12.1 Å². The monoisotopic (exact) mass is 315 g/mol. The Balaban J connectivity index is 3.07. The number of aliphatic carboxylic acids is 1. The lowest BCUT2D eigenvalue weighted by Gasteiger charge is -2.15. The molecule has 0 fully saturated rings. The average molecular weight is 315 g/mol. The highest BCUT2D eigenvalue weighted by molar-refractivity contribution is 7.98. The van der Waals surface area contributed by atoms with E-state index in [1.165, 1.54) is 11.8 Å². The topological polar surface area (TPSA) is 136 Å². The van der Waals surface area contributed by atoms with Gasteiger partial charge in [-0.3, -0.25) is 20.2 Å². The first-order chi connectivity index (χ1) is 9.86. The number of anilines is 1. The van der Waals surface area contributed by atoms with Crippen LogP contribution in [-0.4, -0.2) is 39.0 Å². The van der Waals surface area contributed by atoms with E-state index in [1.807, 2.05) is 6.26 Å². The zero-order chi connectivity index (χ0) is 16.0. The van der Waals surface area contributed by atoms with Crippen LogP contribution in [-0.2, 0) is 4.79 Å². The van der Waals surface area contributed by atoms with Crippen LogP contribution in [0, 0.1) is 20.2 Å². The predicted octanol–water partition coefficient (Wildman–Crippen LogP) is 2.12. The number of nitro benzene ring substituents is 2. The van der Waals surface area contributed by atoms with Gasteiger partial charge in [0, 0.05) is 6.07 Å². The van der Waals surface area contributed by atoms with E-state index in [4.69, 9.17) is 5.11 Å². The highest BCUT2D eigenvalue weighted by Gasteiger charge is 2.24. The fraction of sp³-hybridized carbons (Fsp3) is 0.364. The molecule has 1 aromatic rings. The number of rotatable bonds is 8. The summed E-state index contributed by atoms with van der Waals surface area (Å²) in [5, 5.41) is 33.2. The fourth-order valence-corrected chi connectivity index (χ4v) is 2.06. The largest absolute Gasteiger partial charge is 0.480 e. The van der Waals surface area contributed by atoms with Crippen molar-refractivity contribution in [2.45, 2.75) is 12.5 Å². The molecule has 0 saturated carbocycles. The first-order valence-corrected chi connectivity index (χ1v) is 7.17. The van der Waals surface area contributed by atoms with E-state index in [0.29, 0.717) is 5.75 Å². The van der Waals surface area contributed by atoms with Crippen molar-refractivity contribution in [3.63, 3.8) is 0 Å². The van der Waals surface area contributed by atoms with Gasteiger partial charge in [0.15, 0.2) is 0 Å². The molecule has 10 heteroatoms. The minimum atomic E-state index is -1.14. The number of non-ortho nitro benzene ring substituents is 1.